The summed E-state index contributed by atoms with van der Waals surface area (Å²) < 4.78 is 5.18. The summed E-state index contributed by atoms with van der Waals surface area (Å²) >= 11 is 0. The fourth-order valence-electron chi connectivity index (χ4n) is 2.39. The van der Waals surface area contributed by atoms with Gasteiger partial charge in [-0.1, -0.05) is 36.4 Å². The van der Waals surface area contributed by atoms with E-state index >= 15 is 0 Å². The van der Waals surface area contributed by atoms with Crippen molar-refractivity contribution in [3.63, 3.8) is 0 Å². The highest BCUT2D eigenvalue weighted by atomic mass is 16.3. The van der Waals surface area contributed by atoms with Gasteiger partial charge in [0, 0.05) is 0 Å². The number of fused-ring (bicyclic) bond motifs is 1. The molecule has 2 N–H and O–H groups in total. The number of urea groups is 1. The van der Waals surface area contributed by atoms with Crippen molar-refractivity contribution in [1.82, 2.24) is 10.6 Å². The molecule has 1 aromatic heterocycles. The molecule has 2 amide bonds. The maximum Gasteiger partial charge on any atom is 0.315 e. The highest BCUT2D eigenvalue weighted by molar-refractivity contribution is 5.83. The average Bonchev–Trinajstić information content (AvgIpc) is 3.06. The molecule has 0 saturated carbocycles. The molecule has 0 fully saturated rings. The van der Waals surface area contributed by atoms with E-state index in [1.54, 1.807) is 12.3 Å². The summed E-state index contributed by atoms with van der Waals surface area (Å²) in [7, 11) is 0. The number of benzene rings is 2. The fraction of sp³-hybridized carbons (Fsp3) is 0.167. The molecule has 1 atom stereocenters. The Labute approximate surface area is 129 Å². The molecule has 112 valence electrons. The second-order valence-corrected chi connectivity index (χ2v) is 5.23. The molecule has 1 heterocycles. The van der Waals surface area contributed by atoms with Gasteiger partial charge in [0.15, 0.2) is 0 Å². The van der Waals surface area contributed by atoms with Crippen molar-refractivity contribution in [3.8, 4) is 0 Å². The van der Waals surface area contributed by atoms with E-state index in [0.29, 0.717) is 6.54 Å². The Morgan fingerprint density at radius 2 is 1.91 bits per heavy atom. The van der Waals surface area contributed by atoms with Crippen molar-refractivity contribution in [2.24, 2.45) is 0 Å². The minimum atomic E-state index is -0.211. The van der Waals surface area contributed by atoms with Gasteiger partial charge in [0.1, 0.15) is 5.76 Å². The number of furan rings is 1. The largest absolute Gasteiger partial charge is 0.467 e. The molecule has 0 saturated heterocycles. The van der Waals surface area contributed by atoms with E-state index < -0.39 is 0 Å². The standard InChI is InChI=1S/C18H18N2O2/c1-13(20-18(21)19-12-17-7-4-10-22-17)15-9-8-14-5-2-3-6-16(14)11-15/h2-11,13H,12H2,1H3,(H2,19,20,21)/t13-/m0/s1. The third kappa shape index (κ3) is 3.28. The highest BCUT2D eigenvalue weighted by Gasteiger charge is 2.10. The minimum Gasteiger partial charge on any atom is -0.467 e. The number of amides is 2. The number of rotatable bonds is 4. The molecule has 4 nitrogen and oxygen atoms in total. The number of carbonyl (C=O) groups excluding carboxylic acids is 1. The first kappa shape index (κ1) is 14.2. The van der Waals surface area contributed by atoms with E-state index in [9.17, 15) is 4.79 Å². The van der Waals surface area contributed by atoms with Crippen LogP contribution >= 0.6 is 0 Å². The van der Waals surface area contributed by atoms with E-state index in [0.717, 1.165) is 11.3 Å². The van der Waals surface area contributed by atoms with Gasteiger partial charge < -0.3 is 15.1 Å². The number of hydrogen-bond donors (Lipinski definition) is 2. The lowest BCUT2D eigenvalue weighted by Gasteiger charge is -2.15. The molecule has 0 bridgehead atoms. The molecule has 0 aliphatic heterocycles. The van der Waals surface area contributed by atoms with Gasteiger partial charge in [-0.25, -0.2) is 4.79 Å². The molecular formula is C18H18N2O2. The molecular weight excluding hydrogens is 276 g/mol. The van der Waals surface area contributed by atoms with Crippen molar-refractivity contribution in [3.05, 3.63) is 72.2 Å². The first-order chi connectivity index (χ1) is 10.7. The second-order valence-electron chi connectivity index (χ2n) is 5.23. The van der Waals surface area contributed by atoms with Gasteiger partial charge in [0.05, 0.1) is 18.8 Å². The molecule has 3 aromatic rings. The Morgan fingerprint density at radius 3 is 2.68 bits per heavy atom. The van der Waals surface area contributed by atoms with Gasteiger partial charge in [0.25, 0.3) is 0 Å². The monoisotopic (exact) mass is 294 g/mol. The Bertz CT molecular complexity index is 766. The summed E-state index contributed by atoms with van der Waals surface area (Å²) in [6.07, 6.45) is 1.59. The molecule has 0 radical (unpaired) electrons. The molecule has 22 heavy (non-hydrogen) atoms. The number of nitrogens with one attached hydrogen (secondary N) is 2. The first-order valence-electron chi connectivity index (χ1n) is 7.28. The van der Waals surface area contributed by atoms with E-state index in [2.05, 4.69) is 34.9 Å². The Kier molecular flexibility index (Phi) is 4.10. The quantitative estimate of drug-likeness (QED) is 0.764. The zero-order valence-electron chi connectivity index (χ0n) is 12.4. The third-order valence-corrected chi connectivity index (χ3v) is 3.62. The summed E-state index contributed by atoms with van der Waals surface area (Å²) in [4.78, 5) is 11.9. The van der Waals surface area contributed by atoms with E-state index in [1.807, 2.05) is 31.2 Å². The molecule has 0 aliphatic rings. The Hall–Kier alpha value is -2.75. The van der Waals surface area contributed by atoms with Crippen LogP contribution in [0, 0.1) is 0 Å². The molecule has 2 aromatic carbocycles. The highest BCUT2D eigenvalue weighted by Crippen LogP contribution is 2.20. The van der Waals surface area contributed by atoms with Crippen LogP contribution < -0.4 is 10.6 Å². The normalized spacial score (nSPS) is 12.0. The van der Waals surface area contributed by atoms with Crippen molar-refractivity contribution in [2.75, 3.05) is 0 Å². The van der Waals surface area contributed by atoms with Crippen LogP contribution in [0.25, 0.3) is 10.8 Å². The van der Waals surface area contributed by atoms with Crippen LogP contribution in [0.15, 0.2) is 65.3 Å². The van der Waals surface area contributed by atoms with Gasteiger partial charge in [-0.3, -0.25) is 0 Å². The smallest absolute Gasteiger partial charge is 0.315 e. The zero-order valence-corrected chi connectivity index (χ0v) is 12.4. The van der Waals surface area contributed by atoms with Crippen molar-refractivity contribution in [1.29, 1.82) is 0 Å². The fourth-order valence-corrected chi connectivity index (χ4v) is 2.39. The van der Waals surface area contributed by atoms with Gasteiger partial charge in [-0.05, 0) is 41.5 Å². The maximum absolute atomic E-state index is 11.9. The van der Waals surface area contributed by atoms with Crippen LogP contribution in [0.3, 0.4) is 0 Å². The maximum atomic E-state index is 11.9. The second kappa shape index (κ2) is 6.35. The van der Waals surface area contributed by atoms with Crippen LogP contribution in [0.1, 0.15) is 24.3 Å². The first-order valence-corrected chi connectivity index (χ1v) is 7.28. The predicted molar refractivity (Wildman–Crippen MR) is 86.4 cm³/mol. The van der Waals surface area contributed by atoms with Gasteiger partial charge in [-0.15, -0.1) is 0 Å². The summed E-state index contributed by atoms with van der Waals surface area (Å²) in [6, 6.07) is 17.7. The third-order valence-electron chi connectivity index (χ3n) is 3.62. The van der Waals surface area contributed by atoms with Crippen LogP contribution in [-0.4, -0.2) is 6.03 Å². The molecule has 0 spiro atoms. The predicted octanol–water partition coefficient (Wildman–Crippen LogP) is 3.99. The molecule has 3 rings (SSSR count). The average molecular weight is 294 g/mol. The lowest BCUT2D eigenvalue weighted by Crippen LogP contribution is -2.36. The van der Waals surface area contributed by atoms with Crippen LogP contribution in [0.2, 0.25) is 0 Å². The summed E-state index contributed by atoms with van der Waals surface area (Å²) in [6.45, 7) is 2.35. The minimum absolute atomic E-state index is 0.0683. The molecule has 0 unspecified atom stereocenters. The van der Waals surface area contributed by atoms with Crippen molar-refractivity contribution < 1.29 is 9.21 Å². The van der Waals surface area contributed by atoms with Crippen LogP contribution in [0.5, 0.6) is 0 Å². The van der Waals surface area contributed by atoms with Crippen molar-refractivity contribution in [2.45, 2.75) is 19.5 Å². The number of hydrogen-bond acceptors (Lipinski definition) is 2. The molecule has 4 heteroatoms. The van der Waals surface area contributed by atoms with E-state index in [4.69, 9.17) is 4.42 Å². The summed E-state index contributed by atoms with van der Waals surface area (Å²) in [5, 5.41) is 8.08. The van der Waals surface area contributed by atoms with Gasteiger partial charge in [0.2, 0.25) is 0 Å². The topological polar surface area (TPSA) is 54.3 Å². The lowest BCUT2D eigenvalue weighted by molar-refractivity contribution is 0.236. The Morgan fingerprint density at radius 1 is 1.09 bits per heavy atom. The lowest BCUT2D eigenvalue weighted by atomic mass is 10.0. The van der Waals surface area contributed by atoms with E-state index in [-0.39, 0.29) is 12.1 Å². The van der Waals surface area contributed by atoms with Crippen LogP contribution in [-0.2, 0) is 6.54 Å². The summed E-state index contributed by atoms with van der Waals surface area (Å²) in [5.41, 5.74) is 1.08. The molecule has 0 aliphatic carbocycles. The Balaban J connectivity index is 1.62. The SMILES string of the molecule is C[C@H](NC(=O)NCc1ccco1)c1ccc2ccccc2c1. The van der Waals surface area contributed by atoms with Crippen LogP contribution in [0.4, 0.5) is 4.79 Å². The van der Waals surface area contributed by atoms with Gasteiger partial charge >= 0.3 is 6.03 Å². The van der Waals surface area contributed by atoms with E-state index in [1.165, 1.54) is 10.8 Å². The summed E-state index contributed by atoms with van der Waals surface area (Å²) in [5.74, 6) is 0.730. The van der Waals surface area contributed by atoms with Gasteiger partial charge in [-0.2, -0.15) is 0 Å². The zero-order chi connectivity index (χ0) is 15.4. The van der Waals surface area contributed by atoms with Crippen molar-refractivity contribution >= 4 is 16.8 Å². The number of carbonyl (C=O) groups is 1.